The molecule has 2 fully saturated rings. The van der Waals surface area contributed by atoms with Crippen LogP contribution in [0.2, 0.25) is 0 Å². The molecule has 0 spiro atoms. The van der Waals surface area contributed by atoms with Gasteiger partial charge in [0, 0.05) is 42.6 Å². The molecule has 2 heterocycles. The summed E-state index contributed by atoms with van der Waals surface area (Å²) in [5.74, 6) is 0.771. The number of rotatable bonds is 7. The maximum absolute atomic E-state index is 5.28. The third-order valence-corrected chi connectivity index (χ3v) is 5.81. The molecule has 1 aromatic heterocycles. The van der Waals surface area contributed by atoms with Gasteiger partial charge in [-0.15, -0.1) is 11.3 Å². The van der Waals surface area contributed by atoms with E-state index in [0.29, 0.717) is 0 Å². The molecule has 0 bridgehead atoms. The van der Waals surface area contributed by atoms with Crippen molar-refractivity contribution in [3.8, 4) is 0 Å². The molecule has 2 aliphatic rings. The maximum Gasteiger partial charge on any atom is 0.0491 e. The number of ether oxygens (including phenoxy) is 1. The van der Waals surface area contributed by atoms with Crippen LogP contribution in [0.1, 0.15) is 41.0 Å². The number of nitrogens with one attached hydrogen (secondary N) is 1. The highest BCUT2D eigenvalue weighted by Gasteiger charge is 2.22. The van der Waals surface area contributed by atoms with Gasteiger partial charge in [0.1, 0.15) is 0 Å². The Balaban J connectivity index is 1.48. The minimum Gasteiger partial charge on any atom is -0.384 e. The summed E-state index contributed by atoms with van der Waals surface area (Å²) < 4.78 is 5.28. The number of hydrogen-bond acceptors (Lipinski definition) is 4. The summed E-state index contributed by atoms with van der Waals surface area (Å²) in [7, 11) is 1.82. The van der Waals surface area contributed by atoms with Gasteiger partial charge in [-0.3, -0.25) is 4.90 Å². The van der Waals surface area contributed by atoms with E-state index in [-0.39, 0.29) is 0 Å². The molecule has 1 N–H and O–H groups in total. The summed E-state index contributed by atoms with van der Waals surface area (Å²) >= 11 is 1.97. The Morgan fingerprint density at radius 2 is 2.05 bits per heavy atom. The number of thiophene rings is 1. The molecule has 4 heteroatoms. The Morgan fingerprint density at radius 1 is 1.29 bits per heavy atom. The molecule has 0 radical (unpaired) electrons. The number of nitrogens with zero attached hydrogens (tertiary/aromatic N) is 1. The van der Waals surface area contributed by atoms with E-state index in [0.717, 1.165) is 31.7 Å². The monoisotopic (exact) mass is 308 g/mol. The highest BCUT2D eigenvalue weighted by atomic mass is 32.1. The van der Waals surface area contributed by atoms with Crippen LogP contribution in [0.3, 0.4) is 0 Å². The van der Waals surface area contributed by atoms with Gasteiger partial charge in [0.2, 0.25) is 0 Å². The van der Waals surface area contributed by atoms with Crippen molar-refractivity contribution < 1.29 is 4.74 Å². The molecular weight excluding hydrogens is 280 g/mol. The molecule has 1 aliphatic heterocycles. The van der Waals surface area contributed by atoms with Crippen LogP contribution >= 0.6 is 11.3 Å². The van der Waals surface area contributed by atoms with Crippen LogP contribution in [-0.2, 0) is 17.8 Å². The number of piperidine rings is 1. The molecule has 21 heavy (non-hydrogen) atoms. The Kier molecular flexibility index (Phi) is 5.33. The molecule has 1 aromatic rings. The van der Waals surface area contributed by atoms with Gasteiger partial charge >= 0.3 is 0 Å². The Morgan fingerprint density at radius 3 is 2.71 bits per heavy atom. The molecular formula is C17H28N2OS. The average Bonchev–Trinajstić information content (AvgIpc) is 3.24. The predicted octanol–water partition coefficient (Wildman–Crippen LogP) is 3.17. The summed E-state index contributed by atoms with van der Waals surface area (Å²) in [4.78, 5) is 5.62. The fraction of sp³-hybridized carbons (Fsp3) is 0.765. The molecule has 1 aliphatic carbocycles. The van der Waals surface area contributed by atoms with Gasteiger partial charge in [-0.2, -0.15) is 0 Å². The van der Waals surface area contributed by atoms with Crippen LogP contribution in [0.15, 0.2) is 6.07 Å². The summed E-state index contributed by atoms with van der Waals surface area (Å²) in [5, 5.41) is 3.62. The second-order valence-electron chi connectivity index (χ2n) is 6.62. The molecule has 3 nitrogen and oxygen atoms in total. The average molecular weight is 308 g/mol. The zero-order valence-corrected chi connectivity index (χ0v) is 14.2. The van der Waals surface area contributed by atoms with Crippen molar-refractivity contribution >= 4 is 11.3 Å². The van der Waals surface area contributed by atoms with Crippen molar-refractivity contribution in [2.75, 3.05) is 26.8 Å². The van der Waals surface area contributed by atoms with E-state index >= 15 is 0 Å². The van der Waals surface area contributed by atoms with Crippen molar-refractivity contribution in [1.82, 2.24) is 10.2 Å². The second-order valence-corrected chi connectivity index (χ2v) is 7.97. The first-order valence-corrected chi connectivity index (χ1v) is 9.09. The number of hydrogen-bond donors (Lipinski definition) is 1. The molecule has 0 unspecified atom stereocenters. The van der Waals surface area contributed by atoms with E-state index in [4.69, 9.17) is 4.74 Å². The summed E-state index contributed by atoms with van der Waals surface area (Å²) in [6.07, 6.45) is 5.31. The van der Waals surface area contributed by atoms with Crippen LogP contribution in [0.5, 0.6) is 0 Å². The fourth-order valence-corrected chi connectivity index (χ4v) is 4.16. The number of aryl methyl sites for hydroxylation is 1. The van der Waals surface area contributed by atoms with Crippen molar-refractivity contribution in [1.29, 1.82) is 0 Å². The van der Waals surface area contributed by atoms with E-state index in [1.807, 2.05) is 18.4 Å². The lowest BCUT2D eigenvalue weighted by molar-refractivity contribution is 0.0968. The van der Waals surface area contributed by atoms with Crippen LogP contribution in [0.4, 0.5) is 0 Å². The lowest BCUT2D eigenvalue weighted by Crippen LogP contribution is -2.34. The van der Waals surface area contributed by atoms with Gasteiger partial charge in [0.05, 0.1) is 0 Å². The van der Waals surface area contributed by atoms with E-state index in [2.05, 4.69) is 23.2 Å². The van der Waals surface area contributed by atoms with Crippen molar-refractivity contribution in [3.63, 3.8) is 0 Å². The molecule has 0 atom stereocenters. The largest absolute Gasteiger partial charge is 0.384 e. The quantitative estimate of drug-likeness (QED) is 0.837. The van der Waals surface area contributed by atoms with Gasteiger partial charge in [0.25, 0.3) is 0 Å². The topological polar surface area (TPSA) is 24.5 Å². The molecule has 1 saturated heterocycles. The van der Waals surface area contributed by atoms with E-state index in [9.17, 15) is 0 Å². The standard InChI is InChI=1S/C17H28N2OS/c1-13-15(9-17(21-13)10-18-16-3-4-16)11-19-7-5-14(6-8-19)12-20-2/h9,14,16,18H,3-8,10-12H2,1-2H3. The SMILES string of the molecule is COCC1CCN(Cc2cc(CNC3CC3)sc2C)CC1. The Hall–Kier alpha value is -0.420. The Bertz CT molecular complexity index is 448. The third-order valence-electron chi connectivity index (χ3n) is 4.72. The first-order valence-electron chi connectivity index (χ1n) is 8.27. The molecule has 1 saturated carbocycles. The van der Waals surface area contributed by atoms with E-state index in [1.165, 1.54) is 54.1 Å². The summed E-state index contributed by atoms with van der Waals surface area (Å²) in [6, 6.07) is 3.23. The summed E-state index contributed by atoms with van der Waals surface area (Å²) in [6.45, 7) is 7.84. The molecule has 3 rings (SSSR count). The predicted molar refractivity (Wildman–Crippen MR) is 88.8 cm³/mol. The normalized spacial score (nSPS) is 21.0. The van der Waals surface area contributed by atoms with E-state index < -0.39 is 0 Å². The van der Waals surface area contributed by atoms with Crippen LogP contribution < -0.4 is 5.32 Å². The van der Waals surface area contributed by atoms with E-state index in [1.54, 1.807) is 0 Å². The second kappa shape index (κ2) is 7.23. The fourth-order valence-electron chi connectivity index (χ4n) is 3.15. The van der Waals surface area contributed by atoms with Crippen LogP contribution in [0.25, 0.3) is 0 Å². The smallest absolute Gasteiger partial charge is 0.0491 e. The van der Waals surface area contributed by atoms with Gasteiger partial charge in [-0.25, -0.2) is 0 Å². The van der Waals surface area contributed by atoms with Gasteiger partial charge in [-0.05, 0) is 63.2 Å². The first kappa shape index (κ1) is 15.5. The number of methoxy groups -OCH3 is 1. The van der Waals surface area contributed by atoms with Crippen LogP contribution in [-0.4, -0.2) is 37.7 Å². The number of likely N-dealkylation sites (tertiary alicyclic amines) is 1. The van der Waals surface area contributed by atoms with Crippen molar-refractivity contribution in [2.45, 2.75) is 51.7 Å². The lowest BCUT2D eigenvalue weighted by atomic mass is 9.97. The molecule has 0 amide bonds. The minimum atomic E-state index is 0.771. The van der Waals surface area contributed by atoms with Gasteiger partial charge in [-0.1, -0.05) is 0 Å². The van der Waals surface area contributed by atoms with Gasteiger partial charge in [0.15, 0.2) is 0 Å². The van der Waals surface area contributed by atoms with Crippen molar-refractivity contribution in [3.05, 3.63) is 21.4 Å². The van der Waals surface area contributed by atoms with Gasteiger partial charge < -0.3 is 10.1 Å². The highest BCUT2D eigenvalue weighted by Crippen LogP contribution is 2.26. The third kappa shape index (κ3) is 4.52. The zero-order chi connectivity index (χ0) is 14.7. The Labute approximate surface area is 132 Å². The van der Waals surface area contributed by atoms with Crippen LogP contribution in [0, 0.1) is 12.8 Å². The minimum absolute atomic E-state index is 0.771. The first-order chi connectivity index (χ1) is 10.2. The molecule has 118 valence electrons. The lowest BCUT2D eigenvalue weighted by Gasteiger charge is -2.31. The zero-order valence-electron chi connectivity index (χ0n) is 13.4. The maximum atomic E-state index is 5.28. The molecule has 0 aromatic carbocycles. The highest BCUT2D eigenvalue weighted by molar-refractivity contribution is 7.12. The summed E-state index contributed by atoms with van der Waals surface area (Å²) in [5.41, 5.74) is 1.54. The van der Waals surface area contributed by atoms with Crippen molar-refractivity contribution in [2.24, 2.45) is 5.92 Å².